The van der Waals surface area contributed by atoms with E-state index in [-0.39, 0.29) is 5.75 Å². The first-order valence-corrected chi connectivity index (χ1v) is 12.3. The molecule has 0 N–H and O–H groups in total. The minimum absolute atomic E-state index is 0.267. The number of aryl methyl sites for hydroxylation is 1. The number of benzene rings is 2. The Morgan fingerprint density at radius 1 is 0.862 bits per heavy atom. The van der Waals surface area contributed by atoms with Gasteiger partial charge in [-0.15, -0.1) is 0 Å². The van der Waals surface area contributed by atoms with Crippen molar-refractivity contribution < 1.29 is 8.42 Å². The molecule has 2 aromatic carbocycles. The van der Waals surface area contributed by atoms with E-state index in [1.165, 1.54) is 16.8 Å². The lowest BCUT2D eigenvalue weighted by molar-refractivity contribution is 0.261. The van der Waals surface area contributed by atoms with Gasteiger partial charge in [-0.1, -0.05) is 30.3 Å². The Bertz CT molecular complexity index is 919. The van der Waals surface area contributed by atoms with Crippen molar-refractivity contribution in [1.29, 1.82) is 0 Å². The van der Waals surface area contributed by atoms with Crippen molar-refractivity contribution in [3.05, 3.63) is 59.7 Å². The van der Waals surface area contributed by atoms with Crippen LogP contribution in [-0.2, 0) is 16.4 Å². The molecule has 0 spiro atoms. The number of piperazine rings is 1. The fourth-order valence-electron chi connectivity index (χ4n) is 4.33. The van der Waals surface area contributed by atoms with Gasteiger partial charge in [-0.25, -0.2) is 8.42 Å². The molecular weight excluding hydrogens is 382 g/mol. The predicted octanol–water partition coefficient (Wildman–Crippen LogP) is 3.29. The average molecular weight is 414 g/mol. The summed E-state index contributed by atoms with van der Waals surface area (Å²) in [6, 6.07) is 16.7. The van der Waals surface area contributed by atoms with Crippen LogP contribution in [0.4, 0.5) is 11.4 Å². The first-order valence-electron chi connectivity index (χ1n) is 10.7. The Labute approximate surface area is 175 Å². The van der Waals surface area contributed by atoms with Gasteiger partial charge < -0.3 is 4.90 Å². The van der Waals surface area contributed by atoms with Gasteiger partial charge in [0.25, 0.3) is 0 Å². The summed E-state index contributed by atoms with van der Waals surface area (Å²) in [6.45, 7) is 8.13. The summed E-state index contributed by atoms with van der Waals surface area (Å²) in [4.78, 5) is 5.01. The van der Waals surface area contributed by atoms with Gasteiger partial charge in [0.1, 0.15) is 0 Å². The molecule has 156 valence electrons. The molecule has 0 bridgehead atoms. The molecule has 2 saturated heterocycles. The third-order valence-electron chi connectivity index (χ3n) is 6.12. The van der Waals surface area contributed by atoms with Crippen LogP contribution < -0.4 is 9.21 Å². The molecule has 0 saturated carbocycles. The first kappa shape index (κ1) is 20.2. The van der Waals surface area contributed by atoms with E-state index in [0.29, 0.717) is 6.54 Å². The lowest BCUT2D eigenvalue weighted by Gasteiger charge is -2.36. The van der Waals surface area contributed by atoms with Crippen molar-refractivity contribution in [2.45, 2.75) is 26.2 Å². The SMILES string of the molecule is Cc1ccccc1N1CCN(CCc2ccc(N3CCCCS3(=O)=O)cc2)CC1. The summed E-state index contributed by atoms with van der Waals surface area (Å²) in [5, 5.41) is 0. The molecule has 2 heterocycles. The van der Waals surface area contributed by atoms with Crippen LogP contribution in [0.2, 0.25) is 0 Å². The molecule has 0 radical (unpaired) electrons. The van der Waals surface area contributed by atoms with Crippen LogP contribution in [0.3, 0.4) is 0 Å². The summed E-state index contributed by atoms with van der Waals surface area (Å²) >= 11 is 0. The maximum absolute atomic E-state index is 12.3. The summed E-state index contributed by atoms with van der Waals surface area (Å²) < 4.78 is 26.1. The molecule has 2 fully saturated rings. The molecule has 2 aliphatic heterocycles. The highest BCUT2D eigenvalue weighted by atomic mass is 32.2. The number of hydrogen-bond donors (Lipinski definition) is 0. The average Bonchev–Trinajstić information content (AvgIpc) is 2.73. The minimum atomic E-state index is -3.13. The van der Waals surface area contributed by atoms with Crippen LogP contribution in [0.25, 0.3) is 0 Å². The number of para-hydroxylation sites is 1. The van der Waals surface area contributed by atoms with E-state index in [1.54, 1.807) is 4.31 Å². The fourth-order valence-corrected chi connectivity index (χ4v) is 5.97. The predicted molar refractivity (Wildman–Crippen MR) is 120 cm³/mol. The number of hydrogen-bond acceptors (Lipinski definition) is 4. The zero-order chi connectivity index (χ0) is 20.3. The molecule has 0 amide bonds. The van der Waals surface area contributed by atoms with E-state index in [4.69, 9.17) is 0 Å². The molecule has 2 aliphatic rings. The zero-order valence-electron chi connectivity index (χ0n) is 17.3. The normalized spacial score (nSPS) is 20.0. The number of sulfonamides is 1. The van der Waals surface area contributed by atoms with Gasteiger partial charge in [0.15, 0.2) is 0 Å². The Kier molecular flexibility index (Phi) is 6.11. The maximum Gasteiger partial charge on any atom is 0.235 e. The van der Waals surface area contributed by atoms with Crippen molar-refractivity contribution in [2.75, 3.05) is 54.2 Å². The highest BCUT2D eigenvalue weighted by Crippen LogP contribution is 2.24. The highest BCUT2D eigenvalue weighted by Gasteiger charge is 2.25. The highest BCUT2D eigenvalue weighted by molar-refractivity contribution is 7.92. The second-order valence-electron chi connectivity index (χ2n) is 8.13. The molecule has 0 aromatic heterocycles. The van der Waals surface area contributed by atoms with Gasteiger partial charge in [0, 0.05) is 45.0 Å². The Morgan fingerprint density at radius 3 is 2.28 bits per heavy atom. The molecule has 4 rings (SSSR count). The van der Waals surface area contributed by atoms with Crippen molar-refractivity contribution >= 4 is 21.4 Å². The zero-order valence-corrected chi connectivity index (χ0v) is 18.1. The minimum Gasteiger partial charge on any atom is -0.369 e. The van der Waals surface area contributed by atoms with Crippen molar-refractivity contribution in [3.8, 4) is 0 Å². The number of rotatable bonds is 5. The molecule has 0 aliphatic carbocycles. The summed E-state index contributed by atoms with van der Waals surface area (Å²) in [5.74, 6) is 0.267. The molecule has 0 atom stereocenters. The van der Waals surface area contributed by atoms with Gasteiger partial charge in [-0.3, -0.25) is 9.21 Å². The maximum atomic E-state index is 12.3. The molecule has 29 heavy (non-hydrogen) atoms. The Hall–Kier alpha value is -2.05. The Balaban J connectivity index is 1.28. The first-order chi connectivity index (χ1) is 14.0. The largest absolute Gasteiger partial charge is 0.369 e. The number of nitrogens with zero attached hydrogens (tertiary/aromatic N) is 3. The van der Waals surface area contributed by atoms with Crippen LogP contribution in [0.15, 0.2) is 48.5 Å². The van der Waals surface area contributed by atoms with E-state index < -0.39 is 10.0 Å². The Morgan fingerprint density at radius 2 is 1.59 bits per heavy atom. The van der Waals surface area contributed by atoms with Gasteiger partial charge in [-0.05, 0) is 55.5 Å². The number of anilines is 2. The van der Waals surface area contributed by atoms with E-state index in [2.05, 4.69) is 53.1 Å². The van der Waals surface area contributed by atoms with Gasteiger partial charge >= 0.3 is 0 Å². The lowest BCUT2D eigenvalue weighted by Crippen LogP contribution is -2.47. The van der Waals surface area contributed by atoms with Crippen molar-refractivity contribution in [1.82, 2.24) is 4.90 Å². The summed E-state index contributed by atoms with van der Waals surface area (Å²) in [5.41, 5.74) is 4.77. The van der Waals surface area contributed by atoms with Crippen molar-refractivity contribution in [3.63, 3.8) is 0 Å². The van der Waals surface area contributed by atoms with Crippen LogP contribution in [0.5, 0.6) is 0 Å². The van der Waals surface area contributed by atoms with Crippen LogP contribution >= 0.6 is 0 Å². The standard InChI is InChI=1S/C23H31N3O2S/c1-20-6-2-3-7-23(20)25-17-15-24(16-18-25)14-12-21-8-10-22(11-9-21)26-13-4-5-19-29(26,27)28/h2-3,6-11H,4-5,12-19H2,1H3. The second kappa shape index (κ2) is 8.76. The van der Waals surface area contributed by atoms with Gasteiger partial charge in [0.2, 0.25) is 10.0 Å². The molecule has 5 nitrogen and oxygen atoms in total. The van der Waals surface area contributed by atoms with Crippen LogP contribution in [0, 0.1) is 6.92 Å². The van der Waals surface area contributed by atoms with E-state index in [9.17, 15) is 8.42 Å². The smallest absolute Gasteiger partial charge is 0.235 e. The van der Waals surface area contributed by atoms with Gasteiger partial charge in [-0.2, -0.15) is 0 Å². The van der Waals surface area contributed by atoms with E-state index in [0.717, 1.165) is 57.7 Å². The topological polar surface area (TPSA) is 43.9 Å². The third-order valence-corrected chi connectivity index (χ3v) is 7.99. The monoisotopic (exact) mass is 413 g/mol. The third kappa shape index (κ3) is 4.75. The second-order valence-corrected chi connectivity index (χ2v) is 10.1. The molecule has 2 aromatic rings. The fraction of sp³-hybridized carbons (Fsp3) is 0.478. The van der Waals surface area contributed by atoms with Crippen LogP contribution in [-0.4, -0.2) is 58.3 Å². The molecule has 0 unspecified atom stereocenters. The van der Waals surface area contributed by atoms with E-state index in [1.807, 2.05) is 12.1 Å². The summed E-state index contributed by atoms with van der Waals surface area (Å²) in [7, 11) is -3.13. The van der Waals surface area contributed by atoms with Crippen LogP contribution in [0.1, 0.15) is 24.0 Å². The van der Waals surface area contributed by atoms with E-state index >= 15 is 0 Å². The molecule has 6 heteroatoms. The molecular formula is C23H31N3O2S. The quantitative estimate of drug-likeness (QED) is 0.755. The van der Waals surface area contributed by atoms with Gasteiger partial charge in [0.05, 0.1) is 11.4 Å². The van der Waals surface area contributed by atoms with Crippen molar-refractivity contribution in [2.24, 2.45) is 0 Å². The lowest BCUT2D eigenvalue weighted by atomic mass is 10.1. The summed E-state index contributed by atoms with van der Waals surface area (Å²) in [6.07, 6.45) is 2.71.